The molecule has 1 aliphatic rings. The number of hydrogen-bond acceptors (Lipinski definition) is 8. The number of hydrogen-bond donors (Lipinski definition) is 3. The van der Waals surface area contributed by atoms with E-state index in [1.54, 1.807) is 32.0 Å². The third-order valence-corrected chi connectivity index (χ3v) is 6.51. The van der Waals surface area contributed by atoms with Crippen molar-refractivity contribution in [1.82, 2.24) is 19.9 Å². The van der Waals surface area contributed by atoms with Gasteiger partial charge in [0.15, 0.2) is 11.2 Å². The van der Waals surface area contributed by atoms with Gasteiger partial charge >= 0.3 is 0 Å². The first-order chi connectivity index (χ1) is 17.2. The molecule has 1 unspecified atom stereocenters. The molecule has 0 bridgehead atoms. The van der Waals surface area contributed by atoms with E-state index in [1.165, 1.54) is 0 Å². The number of rotatable bonds is 7. The minimum Gasteiger partial charge on any atom is -0.389 e. The minimum absolute atomic E-state index is 0.00118. The van der Waals surface area contributed by atoms with Crippen LogP contribution in [0.4, 0.5) is 10.3 Å². The van der Waals surface area contributed by atoms with E-state index in [0.29, 0.717) is 41.6 Å². The molecule has 0 spiro atoms. The highest BCUT2D eigenvalue weighted by Crippen LogP contribution is 2.28. The average molecular weight is 495 g/mol. The predicted molar refractivity (Wildman–Crippen MR) is 135 cm³/mol. The lowest BCUT2D eigenvalue weighted by molar-refractivity contribution is -0.0136. The smallest absolute Gasteiger partial charge is 0.223 e. The van der Waals surface area contributed by atoms with Crippen molar-refractivity contribution >= 4 is 16.9 Å². The first-order valence-electron chi connectivity index (χ1n) is 12.1. The van der Waals surface area contributed by atoms with E-state index in [9.17, 15) is 14.3 Å². The van der Waals surface area contributed by atoms with E-state index >= 15 is 0 Å². The zero-order valence-corrected chi connectivity index (χ0v) is 20.9. The van der Waals surface area contributed by atoms with Crippen LogP contribution in [0, 0.1) is 24.1 Å². The number of benzene rings is 1. The number of nitrogens with zero attached hydrogens (tertiary/aromatic N) is 4. The van der Waals surface area contributed by atoms with E-state index in [1.807, 2.05) is 18.4 Å². The van der Waals surface area contributed by atoms with Gasteiger partial charge in [-0.2, -0.15) is 5.26 Å². The van der Waals surface area contributed by atoms with Crippen LogP contribution in [0.2, 0.25) is 0 Å². The number of halogens is 1. The number of aromatic nitrogens is 3. The van der Waals surface area contributed by atoms with Crippen molar-refractivity contribution < 1.29 is 14.2 Å². The van der Waals surface area contributed by atoms with Crippen molar-refractivity contribution in [3.63, 3.8) is 0 Å². The van der Waals surface area contributed by atoms with Gasteiger partial charge in [0.1, 0.15) is 5.69 Å². The first-order valence-corrected chi connectivity index (χ1v) is 12.1. The Kier molecular flexibility index (Phi) is 7.64. The molecule has 36 heavy (non-hydrogen) atoms. The summed E-state index contributed by atoms with van der Waals surface area (Å²) in [6.45, 7) is 8.64. The third-order valence-electron chi connectivity index (χ3n) is 6.51. The Morgan fingerprint density at radius 1 is 1.36 bits per heavy atom. The minimum atomic E-state index is -0.712. The van der Waals surface area contributed by atoms with E-state index in [2.05, 4.69) is 26.7 Å². The summed E-state index contributed by atoms with van der Waals surface area (Å²) in [5, 5.41) is 26.1. The topological polar surface area (TPSA) is 125 Å². The van der Waals surface area contributed by atoms with Crippen LogP contribution < -0.4 is 16.1 Å². The zero-order valence-electron chi connectivity index (χ0n) is 20.9. The molecule has 1 fully saturated rings. The number of pyridine rings is 1. The van der Waals surface area contributed by atoms with Gasteiger partial charge in [-0.05, 0) is 46.2 Å². The molecule has 2 aromatic heterocycles. The lowest BCUT2D eigenvalue weighted by Crippen LogP contribution is -2.42. The van der Waals surface area contributed by atoms with E-state index < -0.39 is 11.9 Å². The van der Waals surface area contributed by atoms with Gasteiger partial charge in [-0.15, -0.1) is 0 Å². The highest BCUT2D eigenvalue weighted by atomic mass is 19.1. The molecular weight excluding hydrogens is 463 g/mol. The van der Waals surface area contributed by atoms with Crippen LogP contribution in [-0.2, 0) is 11.3 Å². The van der Waals surface area contributed by atoms with Crippen LogP contribution in [0.15, 0.2) is 29.2 Å². The maximum atomic E-state index is 14.9. The molecule has 0 radical (unpaired) electrons. The molecule has 9 nitrogen and oxygen atoms in total. The number of ether oxygens (including phenoxy) is 1. The third kappa shape index (κ3) is 5.09. The summed E-state index contributed by atoms with van der Waals surface area (Å²) >= 11 is 0. The van der Waals surface area contributed by atoms with Gasteiger partial charge in [-0.3, -0.25) is 10.1 Å². The lowest BCUT2D eigenvalue weighted by atomic mass is 10.0. The molecule has 0 aliphatic carbocycles. The molecule has 1 aliphatic heterocycles. The Balaban J connectivity index is 1.80. The highest BCUT2D eigenvalue weighted by Gasteiger charge is 2.25. The summed E-state index contributed by atoms with van der Waals surface area (Å²) in [6.07, 6.45) is 0.967. The van der Waals surface area contributed by atoms with Crippen LogP contribution in [0.3, 0.4) is 0 Å². The van der Waals surface area contributed by atoms with Crippen molar-refractivity contribution in [1.29, 1.82) is 5.26 Å². The number of anilines is 1. The van der Waals surface area contributed by atoms with Gasteiger partial charge in [0.05, 0.1) is 42.6 Å². The second-order valence-corrected chi connectivity index (χ2v) is 9.40. The molecule has 0 amide bonds. The quantitative estimate of drug-likeness (QED) is 0.458. The van der Waals surface area contributed by atoms with Gasteiger partial charge in [-0.1, -0.05) is 6.07 Å². The average Bonchev–Trinajstić information content (AvgIpc) is 2.87. The Labute approximate surface area is 209 Å². The number of fused-ring (bicyclic) bond motifs is 1. The largest absolute Gasteiger partial charge is 0.389 e. The number of nitrogens with one attached hydrogen (secondary N) is 2. The molecule has 4 rings (SSSR count). The Hall–Kier alpha value is -3.39. The summed E-state index contributed by atoms with van der Waals surface area (Å²) in [7, 11) is 0. The van der Waals surface area contributed by atoms with Crippen LogP contribution in [0.5, 0.6) is 0 Å². The van der Waals surface area contributed by atoms with Crippen LogP contribution in [-0.4, -0.2) is 51.0 Å². The molecular formula is C26H31FN6O3. The molecule has 10 heteroatoms. The summed E-state index contributed by atoms with van der Waals surface area (Å²) in [4.78, 5) is 21.7. The summed E-state index contributed by atoms with van der Waals surface area (Å²) in [6, 6.07) is 6.62. The zero-order chi connectivity index (χ0) is 26.0. The standard InChI is InChI=1S/C26H31FN6O3/c1-14(2)33-21-9-17(5-6-18(21)25(35)16(4)22(33)12-29-15(3)10-28)24-19(27)11-30-26(32-24)31-20-7-8-36-13-23(20)34/h5-6,9,11,14-15,20,23,29,34H,7-8,12-13H2,1-4H3,(H,30,31,32)/t15?,20-,23-/m1/s1. The fraction of sp³-hybridized carbons (Fsp3) is 0.462. The monoisotopic (exact) mass is 494 g/mol. The number of aliphatic hydroxyl groups is 1. The van der Waals surface area contributed by atoms with Gasteiger partial charge in [-0.25, -0.2) is 14.4 Å². The predicted octanol–water partition coefficient (Wildman–Crippen LogP) is 3.05. The molecule has 3 heterocycles. The summed E-state index contributed by atoms with van der Waals surface area (Å²) < 4.78 is 22.2. The Morgan fingerprint density at radius 3 is 2.83 bits per heavy atom. The Bertz CT molecular complexity index is 1370. The molecule has 3 atom stereocenters. The fourth-order valence-corrected chi connectivity index (χ4v) is 4.53. The Morgan fingerprint density at radius 2 is 2.14 bits per heavy atom. The summed E-state index contributed by atoms with van der Waals surface area (Å²) in [5.41, 5.74) is 2.54. The van der Waals surface area contributed by atoms with Crippen molar-refractivity contribution in [3.05, 3.63) is 51.7 Å². The van der Waals surface area contributed by atoms with Crippen LogP contribution >= 0.6 is 0 Å². The number of aliphatic hydroxyl groups excluding tert-OH is 1. The van der Waals surface area contributed by atoms with E-state index in [0.717, 1.165) is 11.9 Å². The molecule has 3 aromatic rings. The van der Waals surface area contributed by atoms with Crippen molar-refractivity contribution in [2.75, 3.05) is 18.5 Å². The first kappa shape index (κ1) is 25.7. The van der Waals surface area contributed by atoms with Gasteiger partial charge < -0.3 is 19.7 Å². The van der Waals surface area contributed by atoms with E-state index in [-0.39, 0.29) is 41.8 Å². The number of nitriles is 1. The maximum Gasteiger partial charge on any atom is 0.223 e. The van der Waals surface area contributed by atoms with Crippen LogP contribution in [0.25, 0.3) is 22.2 Å². The second-order valence-electron chi connectivity index (χ2n) is 9.40. The van der Waals surface area contributed by atoms with E-state index in [4.69, 9.17) is 10.00 Å². The van der Waals surface area contributed by atoms with Crippen molar-refractivity contribution in [3.8, 4) is 17.3 Å². The second kappa shape index (κ2) is 10.7. The van der Waals surface area contributed by atoms with Crippen molar-refractivity contribution in [2.45, 2.75) is 64.9 Å². The van der Waals surface area contributed by atoms with Gasteiger partial charge in [0.2, 0.25) is 5.95 Å². The fourth-order valence-electron chi connectivity index (χ4n) is 4.53. The highest BCUT2D eigenvalue weighted by molar-refractivity contribution is 5.85. The van der Waals surface area contributed by atoms with Gasteiger partial charge in [0, 0.05) is 41.4 Å². The maximum absolute atomic E-state index is 14.9. The molecule has 3 N–H and O–H groups in total. The van der Waals surface area contributed by atoms with Crippen LogP contribution in [0.1, 0.15) is 44.5 Å². The molecule has 0 saturated carbocycles. The molecule has 190 valence electrons. The normalized spacial score (nSPS) is 18.8. The van der Waals surface area contributed by atoms with Crippen molar-refractivity contribution in [2.24, 2.45) is 0 Å². The molecule has 1 saturated heterocycles. The SMILES string of the molecule is Cc1c(CNC(C)C#N)n(C(C)C)c2cc(-c3nc(N[C@@H]4CCOC[C@H]4O)ncc3F)ccc2c1=O. The van der Waals surface area contributed by atoms with Gasteiger partial charge in [0.25, 0.3) is 0 Å². The molecule has 1 aromatic carbocycles. The lowest BCUT2D eigenvalue weighted by Gasteiger charge is -2.28. The summed E-state index contributed by atoms with van der Waals surface area (Å²) in [5.74, 6) is -0.388.